The van der Waals surface area contributed by atoms with Gasteiger partial charge in [0.15, 0.2) is 0 Å². The lowest BCUT2D eigenvalue weighted by atomic mass is 10.0. The Kier molecular flexibility index (Phi) is 8.84. The number of carbonyl (C=O) groups is 2. The number of imidazole rings is 1. The van der Waals surface area contributed by atoms with Gasteiger partial charge in [-0.2, -0.15) is 0 Å². The molecular formula is C26H34N4O2. The number of amides is 2. The van der Waals surface area contributed by atoms with Gasteiger partial charge in [-0.15, -0.1) is 0 Å². The number of hydrogen-bond donors (Lipinski definition) is 2. The van der Waals surface area contributed by atoms with Crippen LogP contribution in [-0.2, 0) is 16.0 Å². The first kappa shape index (κ1) is 23.5. The van der Waals surface area contributed by atoms with Crippen LogP contribution in [0.2, 0.25) is 0 Å². The second kappa shape index (κ2) is 12.0. The largest absolute Gasteiger partial charge is 0.346 e. The van der Waals surface area contributed by atoms with E-state index in [0.29, 0.717) is 25.7 Å². The van der Waals surface area contributed by atoms with Gasteiger partial charge in [-0.25, -0.2) is 4.98 Å². The van der Waals surface area contributed by atoms with Crippen molar-refractivity contribution in [3.8, 4) is 0 Å². The minimum Gasteiger partial charge on any atom is -0.346 e. The zero-order valence-corrected chi connectivity index (χ0v) is 19.1. The highest BCUT2D eigenvalue weighted by atomic mass is 16.2. The number of H-pyrrole nitrogens is 1. The van der Waals surface area contributed by atoms with Gasteiger partial charge in [-0.05, 0) is 43.4 Å². The number of aromatic nitrogens is 2. The Morgan fingerprint density at radius 1 is 0.969 bits per heavy atom. The molecule has 3 aromatic rings. The zero-order valence-electron chi connectivity index (χ0n) is 19.1. The van der Waals surface area contributed by atoms with Gasteiger partial charge < -0.3 is 15.2 Å². The molecule has 2 N–H and O–H groups in total. The van der Waals surface area contributed by atoms with Gasteiger partial charge in [0.2, 0.25) is 11.8 Å². The first-order valence-electron chi connectivity index (χ1n) is 11.7. The van der Waals surface area contributed by atoms with E-state index in [0.717, 1.165) is 48.4 Å². The highest BCUT2D eigenvalue weighted by Gasteiger charge is 2.20. The third kappa shape index (κ3) is 6.67. The summed E-state index contributed by atoms with van der Waals surface area (Å²) in [5, 5.41) is 3.14. The average molecular weight is 435 g/mol. The van der Waals surface area contributed by atoms with Gasteiger partial charge in [0.1, 0.15) is 5.82 Å². The van der Waals surface area contributed by atoms with Crippen LogP contribution in [0.15, 0.2) is 54.6 Å². The van der Waals surface area contributed by atoms with E-state index in [1.54, 1.807) is 0 Å². The minimum absolute atomic E-state index is 0.0586. The molecule has 2 aromatic carbocycles. The molecule has 0 saturated heterocycles. The Hall–Kier alpha value is -3.15. The molecular weight excluding hydrogens is 400 g/mol. The Bertz CT molecular complexity index is 960. The predicted molar refractivity (Wildman–Crippen MR) is 128 cm³/mol. The molecule has 0 bridgehead atoms. The molecule has 0 unspecified atom stereocenters. The summed E-state index contributed by atoms with van der Waals surface area (Å²) in [7, 11) is 0. The van der Waals surface area contributed by atoms with Crippen LogP contribution in [0.3, 0.4) is 0 Å². The molecule has 170 valence electrons. The maximum absolute atomic E-state index is 12.8. The normalized spacial score (nSPS) is 11.9. The summed E-state index contributed by atoms with van der Waals surface area (Å²) < 4.78 is 0. The fourth-order valence-electron chi connectivity index (χ4n) is 3.93. The lowest BCUT2D eigenvalue weighted by molar-refractivity contribution is -0.131. The van der Waals surface area contributed by atoms with Crippen LogP contribution in [-0.4, -0.2) is 39.8 Å². The van der Waals surface area contributed by atoms with Crippen LogP contribution in [0, 0.1) is 0 Å². The van der Waals surface area contributed by atoms with E-state index in [1.165, 1.54) is 0 Å². The predicted octanol–water partition coefficient (Wildman–Crippen LogP) is 4.78. The summed E-state index contributed by atoms with van der Waals surface area (Å²) in [6.45, 7) is 5.72. The van der Waals surface area contributed by atoms with Crippen LogP contribution in [0.4, 0.5) is 0 Å². The fourth-order valence-corrected chi connectivity index (χ4v) is 3.93. The van der Waals surface area contributed by atoms with Crippen molar-refractivity contribution < 1.29 is 9.59 Å². The van der Waals surface area contributed by atoms with E-state index < -0.39 is 0 Å². The van der Waals surface area contributed by atoms with E-state index in [-0.39, 0.29) is 17.9 Å². The van der Waals surface area contributed by atoms with E-state index in [4.69, 9.17) is 4.98 Å². The van der Waals surface area contributed by atoms with Crippen LogP contribution < -0.4 is 5.32 Å². The van der Waals surface area contributed by atoms with Crippen molar-refractivity contribution in [3.63, 3.8) is 0 Å². The molecule has 0 fully saturated rings. The molecule has 0 spiro atoms. The van der Waals surface area contributed by atoms with Crippen molar-refractivity contribution in [2.45, 2.75) is 58.4 Å². The molecule has 0 saturated carbocycles. The molecule has 0 aliphatic carbocycles. The Morgan fingerprint density at radius 3 is 2.34 bits per heavy atom. The second-order valence-electron chi connectivity index (χ2n) is 8.18. The number of benzene rings is 2. The molecule has 6 nitrogen and oxygen atoms in total. The fraction of sp³-hybridized carbons (Fsp3) is 0.423. The molecule has 3 rings (SSSR count). The summed E-state index contributed by atoms with van der Waals surface area (Å²) in [6.07, 6.45) is 3.82. The third-order valence-corrected chi connectivity index (χ3v) is 5.49. The van der Waals surface area contributed by atoms with E-state index in [9.17, 15) is 9.59 Å². The van der Waals surface area contributed by atoms with Crippen molar-refractivity contribution in [1.82, 2.24) is 20.2 Å². The Balaban J connectivity index is 1.62. The van der Waals surface area contributed by atoms with Gasteiger partial charge in [0.05, 0.1) is 17.1 Å². The highest BCUT2D eigenvalue weighted by Crippen LogP contribution is 2.20. The number of aromatic amines is 1. The number of rotatable bonds is 12. The van der Waals surface area contributed by atoms with Gasteiger partial charge in [-0.3, -0.25) is 9.59 Å². The van der Waals surface area contributed by atoms with Crippen molar-refractivity contribution in [3.05, 3.63) is 66.0 Å². The average Bonchev–Trinajstić information content (AvgIpc) is 3.23. The van der Waals surface area contributed by atoms with Crippen LogP contribution in [0.25, 0.3) is 11.0 Å². The molecule has 1 atom stereocenters. The van der Waals surface area contributed by atoms with Gasteiger partial charge in [0, 0.05) is 25.9 Å². The minimum atomic E-state index is -0.260. The van der Waals surface area contributed by atoms with E-state index in [2.05, 4.69) is 36.3 Å². The van der Waals surface area contributed by atoms with Crippen molar-refractivity contribution >= 4 is 22.8 Å². The van der Waals surface area contributed by atoms with Gasteiger partial charge >= 0.3 is 0 Å². The first-order valence-corrected chi connectivity index (χ1v) is 11.7. The summed E-state index contributed by atoms with van der Waals surface area (Å²) in [5.41, 5.74) is 2.96. The Morgan fingerprint density at radius 2 is 1.66 bits per heavy atom. The smallest absolute Gasteiger partial charge is 0.222 e. The van der Waals surface area contributed by atoms with Crippen molar-refractivity contribution in [2.24, 2.45) is 0 Å². The number of para-hydroxylation sites is 2. The highest BCUT2D eigenvalue weighted by molar-refractivity contribution is 5.79. The molecule has 1 heterocycles. The lowest BCUT2D eigenvalue weighted by Crippen LogP contribution is -2.33. The van der Waals surface area contributed by atoms with Crippen LogP contribution >= 0.6 is 0 Å². The molecule has 32 heavy (non-hydrogen) atoms. The van der Waals surface area contributed by atoms with E-state index in [1.807, 2.05) is 47.4 Å². The summed E-state index contributed by atoms with van der Waals surface area (Å²) in [6, 6.07) is 17.7. The number of hydrogen-bond acceptors (Lipinski definition) is 3. The summed E-state index contributed by atoms with van der Waals surface area (Å²) in [5.74, 6) is 0.827. The summed E-state index contributed by atoms with van der Waals surface area (Å²) >= 11 is 0. The molecule has 0 aliphatic rings. The topological polar surface area (TPSA) is 78.1 Å². The van der Waals surface area contributed by atoms with Gasteiger partial charge in [0.25, 0.3) is 0 Å². The SMILES string of the molecule is CCCN(CCC)C(=O)CCCC(=O)N[C@@H](Cc1ccccc1)c1nc2ccccc2[nH]1. The van der Waals surface area contributed by atoms with Crippen LogP contribution in [0.5, 0.6) is 0 Å². The van der Waals surface area contributed by atoms with Crippen molar-refractivity contribution in [2.75, 3.05) is 13.1 Å². The monoisotopic (exact) mass is 434 g/mol. The van der Waals surface area contributed by atoms with Gasteiger partial charge in [-0.1, -0.05) is 56.3 Å². The number of nitrogens with zero attached hydrogens (tertiary/aromatic N) is 2. The zero-order chi connectivity index (χ0) is 22.8. The first-order chi connectivity index (χ1) is 15.6. The lowest BCUT2D eigenvalue weighted by Gasteiger charge is -2.21. The molecule has 6 heteroatoms. The number of nitrogens with one attached hydrogen (secondary N) is 2. The number of fused-ring (bicyclic) bond motifs is 1. The molecule has 1 aromatic heterocycles. The quantitative estimate of drug-likeness (QED) is 0.430. The van der Waals surface area contributed by atoms with Crippen LogP contribution in [0.1, 0.15) is 63.4 Å². The maximum Gasteiger partial charge on any atom is 0.222 e. The number of carbonyl (C=O) groups excluding carboxylic acids is 2. The molecule has 0 aliphatic heterocycles. The third-order valence-electron chi connectivity index (χ3n) is 5.49. The standard InChI is InChI=1S/C26H34N4O2/c1-3-17-30(18-4-2)25(32)16-10-15-24(31)27-23(19-20-11-6-5-7-12-20)26-28-21-13-8-9-14-22(21)29-26/h5-9,11-14,23H,3-4,10,15-19H2,1-2H3,(H,27,31)(H,28,29)/t23-/m0/s1. The van der Waals surface area contributed by atoms with Crippen molar-refractivity contribution in [1.29, 1.82) is 0 Å². The second-order valence-corrected chi connectivity index (χ2v) is 8.18. The molecule has 2 amide bonds. The molecule has 0 radical (unpaired) electrons. The Labute approximate surface area is 190 Å². The summed E-state index contributed by atoms with van der Waals surface area (Å²) in [4.78, 5) is 35.2. The maximum atomic E-state index is 12.8. The van der Waals surface area contributed by atoms with E-state index >= 15 is 0 Å².